The summed E-state index contributed by atoms with van der Waals surface area (Å²) in [6.07, 6.45) is 0. The lowest BCUT2D eigenvalue weighted by molar-refractivity contribution is -0.114. The van der Waals surface area contributed by atoms with Crippen LogP contribution in [-0.2, 0) is 14.8 Å². The summed E-state index contributed by atoms with van der Waals surface area (Å²) in [6, 6.07) is 13.2. The van der Waals surface area contributed by atoms with Crippen molar-refractivity contribution in [2.75, 3.05) is 18.5 Å². The van der Waals surface area contributed by atoms with Crippen molar-refractivity contribution in [3.05, 3.63) is 53.0 Å². The molecule has 6 nitrogen and oxygen atoms in total. The number of hydrogen-bond donors (Lipinski definition) is 2. The zero-order chi connectivity index (χ0) is 19.0. The average molecular weight is 437 g/mol. The van der Waals surface area contributed by atoms with Crippen LogP contribution in [0.15, 0.2) is 57.9 Å². The smallest absolute Gasteiger partial charge is 0.241 e. The quantitative estimate of drug-likeness (QED) is 0.681. The van der Waals surface area contributed by atoms with Crippen LogP contribution in [0.1, 0.15) is 6.92 Å². The Morgan fingerprint density at radius 2 is 1.88 bits per heavy atom. The van der Waals surface area contributed by atoms with Gasteiger partial charge in [0.2, 0.25) is 15.9 Å². The Hall–Kier alpha value is -2.34. The second kappa shape index (κ2) is 9.38. The molecule has 0 spiro atoms. The van der Waals surface area contributed by atoms with Gasteiger partial charge in [0.05, 0.1) is 11.4 Å². The van der Waals surface area contributed by atoms with Gasteiger partial charge in [0.25, 0.3) is 0 Å². The summed E-state index contributed by atoms with van der Waals surface area (Å²) in [5.74, 6) is 5.90. The van der Waals surface area contributed by atoms with E-state index in [1.807, 2.05) is 18.2 Å². The third kappa shape index (κ3) is 6.52. The minimum atomic E-state index is -3.66. The summed E-state index contributed by atoms with van der Waals surface area (Å²) in [7, 11) is -3.66. The number of benzene rings is 2. The maximum absolute atomic E-state index is 12.2. The molecule has 0 aliphatic rings. The van der Waals surface area contributed by atoms with E-state index in [0.717, 1.165) is 4.47 Å². The number of carbonyl (C=O) groups excluding carboxylic acids is 1. The molecule has 0 aliphatic heterocycles. The SMILES string of the molecule is CC(=O)Nc1ccc(S(=O)(=O)NCC#CCOc2cccc(Br)c2)cc1. The first kappa shape index (κ1) is 20.0. The molecule has 0 saturated carbocycles. The molecule has 0 unspecified atom stereocenters. The zero-order valence-electron chi connectivity index (χ0n) is 14.0. The van der Waals surface area contributed by atoms with Crippen LogP contribution < -0.4 is 14.8 Å². The van der Waals surface area contributed by atoms with Crippen LogP contribution in [0.3, 0.4) is 0 Å². The van der Waals surface area contributed by atoms with Gasteiger partial charge in [-0.15, -0.1) is 0 Å². The maximum atomic E-state index is 12.2. The Morgan fingerprint density at radius 3 is 2.54 bits per heavy atom. The molecular formula is C18H17BrN2O4S. The summed E-state index contributed by atoms with van der Waals surface area (Å²) in [4.78, 5) is 11.1. The van der Waals surface area contributed by atoms with Crippen LogP contribution in [0.4, 0.5) is 5.69 Å². The number of ether oxygens (including phenoxy) is 1. The van der Waals surface area contributed by atoms with E-state index in [9.17, 15) is 13.2 Å². The number of nitrogens with one attached hydrogen (secondary N) is 2. The Bertz CT molecular complexity index is 932. The fourth-order valence-electron chi connectivity index (χ4n) is 1.92. The fraction of sp³-hybridized carbons (Fsp3) is 0.167. The van der Waals surface area contributed by atoms with Crippen LogP contribution in [-0.4, -0.2) is 27.5 Å². The Kier molecular flexibility index (Phi) is 7.21. The van der Waals surface area contributed by atoms with Crippen molar-refractivity contribution < 1.29 is 17.9 Å². The summed E-state index contributed by atoms with van der Waals surface area (Å²) in [6.45, 7) is 1.51. The monoisotopic (exact) mass is 436 g/mol. The molecule has 0 fully saturated rings. The summed E-state index contributed by atoms with van der Waals surface area (Å²) in [5, 5.41) is 2.57. The molecule has 0 aromatic heterocycles. The highest BCUT2D eigenvalue weighted by atomic mass is 79.9. The van der Waals surface area contributed by atoms with Crippen molar-refractivity contribution in [3.8, 4) is 17.6 Å². The topological polar surface area (TPSA) is 84.5 Å². The van der Waals surface area contributed by atoms with Gasteiger partial charge in [-0.1, -0.05) is 33.8 Å². The molecule has 2 aromatic carbocycles. The van der Waals surface area contributed by atoms with E-state index in [0.29, 0.717) is 11.4 Å². The molecule has 0 saturated heterocycles. The van der Waals surface area contributed by atoms with Gasteiger partial charge >= 0.3 is 0 Å². The number of halogens is 1. The molecule has 0 bridgehead atoms. The standard InChI is InChI=1S/C18H17BrN2O4S/c1-14(22)21-16-7-9-18(10-8-16)26(23,24)20-11-2-3-12-25-17-6-4-5-15(19)13-17/h4-10,13,20H,11-12H2,1H3,(H,21,22). The van der Waals surface area contributed by atoms with Gasteiger partial charge in [0, 0.05) is 17.1 Å². The molecule has 0 atom stereocenters. The third-order valence-electron chi connectivity index (χ3n) is 3.07. The zero-order valence-corrected chi connectivity index (χ0v) is 16.4. The highest BCUT2D eigenvalue weighted by Crippen LogP contribution is 2.17. The first-order valence-corrected chi connectivity index (χ1v) is 9.86. The number of amides is 1. The van der Waals surface area contributed by atoms with Crippen molar-refractivity contribution in [3.63, 3.8) is 0 Å². The minimum Gasteiger partial charge on any atom is -0.481 e. The largest absolute Gasteiger partial charge is 0.481 e. The van der Waals surface area contributed by atoms with Crippen molar-refractivity contribution in [1.29, 1.82) is 0 Å². The summed E-state index contributed by atoms with van der Waals surface area (Å²) < 4.78 is 33.0. The van der Waals surface area contributed by atoms with Crippen LogP contribution in [0.5, 0.6) is 5.75 Å². The van der Waals surface area contributed by atoms with Crippen LogP contribution >= 0.6 is 15.9 Å². The number of anilines is 1. The third-order valence-corrected chi connectivity index (χ3v) is 4.98. The van der Waals surface area contributed by atoms with Crippen molar-refractivity contribution in [2.24, 2.45) is 0 Å². The van der Waals surface area contributed by atoms with Crippen LogP contribution in [0, 0.1) is 11.8 Å². The predicted octanol–water partition coefficient (Wildman–Crippen LogP) is 2.77. The van der Waals surface area contributed by atoms with E-state index < -0.39 is 10.0 Å². The highest BCUT2D eigenvalue weighted by molar-refractivity contribution is 9.10. The van der Waals surface area contributed by atoms with Gasteiger partial charge in [0.15, 0.2) is 0 Å². The molecule has 26 heavy (non-hydrogen) atoms. The van der Waals surface area contributed by atoms with Crippen LogP contribution in [0.2, 0.25) is 0 Å². The average Bonchev–Trinajstić information content (AvgIpc) is 2.58. The first-order valence-electron chi connectivity index (χ1n) is 7.58. The lowest BCUT2D eigenvalue weighted by Crippen LogP contribution is -2.24. The van der Waals surface area contributed by atoms with Crippen molar-refractivity contribution in [1.82, 2.24) is 4.72 Å². The number of carbonyl (C=O) groups is 1. The highest BCUT2D eigenvalue weighted by Gasteiger charge is 2.12. The first-order chi connectivity index (χ1) is 12.4. The number of rotatable bonds is 6. The van der Waals surface area contributed by atoms with E-state index in [4.69, 9.17) is 4.74 Å². The van der Waals surface area contributed by atoms with E-state index in [2.05, 4.69) is 37.8 Å². The fourth-order valence-corrected chi connectivity index (χ4v) is 3.23. The van der Waals surface area contributed by atoms with E-state index in [1.165, 1.54) is 31.2 Å². The Labute approximate surface area is 161 Å². The van der Waals surface area contributed by atoms with Crippen molar-refractivity contribution in [2.45, 2.75) is 11.8 Å². The predicted molar refractivity (Wildman–Crippen MR) is 103 cm³/mol. The minimum absolute atomic E-state index is 0.0301. The molecule has 8 heteroatoms. The number of sulfonamides is 1. The van der Waals surface area contributed by atoms with Crippen molar-refractivity contribution >= 4 is 37.5 Å². The maximum Gasteiger partial charge on any atom is 0.241 e. The van der Waals surface area contributed by atoms with Gasteiger partial charge in [-0.25, -0.2) is 8.42 Å². The molecule has 2 aromatic rings. The molecule has 0 heterocycles. The van der Waals surface area contributed by atoms with Gasteiger partial charge in [-0.2, -0.15) is 4.72 Å². The Morgan fingerprint density at radius 1 is 1.15 bits per heavy atom. The van der Waals surface area contributed by atoms with E-state index >= 15 is 0 Å². The summed E-state index contributed by atoms with van der Waals surface area (Å²) in [5.41, 5.74) is 0.529. The molecule has 0 aliphatic carbocycles. The summed E-state index contributed by atoms with van der Waals surface area (Å²) >= 11 is 3.34. The van der Waals surface area contributed by atoms with Gasteiger partial charge < -0.3 is 10.1 Å². The van der Waals surface area contributed by atoms with E-state index in [-0.39, 0.29) is 24.0 Å². The second-order valence-corrected chi connectivity index (χ2v) is 7.81. The molecule has 2 N–H and O–H groups in total. The van der Waals surface area contributed by atoms with Gasteiger partial charge in [-0.05, 0) is 42.5 Å². The van der Waals surface area contributed by atoms with Crippen LogP contribution in [0.25, 0.3) is 0 Å². The lowest BCUT2D eigenvalue weighted by atomic mass is 10.3. The molecule has 136 valence electrons. The molecule has 2 rings (SSSR count). The molecule has 1 amide bonds. The normalized spacial score (nSPS) is 10.5. The van der Waals surface area contributed by atoms with Gasteiger partial charge in [0.1, 0.15) is 12.4 Å². The Balaban J connectivity index is 1.83. The second-order valence-electron chi connectivity index (χ2n) is 5.13. The lowest BCUT2D eigenvalue weighted by Gasteiger charge is -2.06. The molecule has 0 radical (unpaired) electrons. The molecular weight excluding hydrogens is 420 g/mol. The number of hydrogen-bond acceptors (Lipinski definition) is 4. The van der Waals surface area contributed by atoms with E-state index in [1.54, 1.807) is 6.07 Å². The van der Waals surface area contributed by atoms with Gasteiger partial charge in [-0.3, -0.25) is 4.79 Å².